The molecule has 0 spiro atoms. The minimum Gasteiger partial charge on any atom is -0.368 e. The zero-order valence-corrected chi connectivity index (χ0v) is 11.0. The van der Waals surface area contributed by atoms with Gasteiger partial charge in [0.25, 0.3) is 0 Å². The van der Waals surface area contributed by atoms with Crippen molar-refractivity contribution >= 4 is 23.8 Å². The number of nitrogen functional groups attached to an aromatic ring is 4. The molecule has 0 radical (unpaired) electrons. The first-order valence-corrected chi connectivity index (χ1v) is 5.97. The molecule has 0 bridgehead atoms. The summed E-state index contributed by atoms with van der Waals surface area (Å²) in [5, 5.41) is 0. The maximum atomic E-state index is 5.54. The molecule has 10 nitrogen and oxygen atoms in total. The van der Waals surface area contributed by atoms with Crippen LogP contribution in [0.3, 0.4) is 0 Å². The van der Waals surface area contributed by atoms with Crippen LogP contribution in [0, 0.1) is 0 Å². The Kier molecular flexibility index (Phi) is 3.73. The minimum atomic E-state index is 0.0156. The van der Waals surface area contributed by atoms with Gasteiger partial charge in [-0.3, -0.25) is 0 Å². The Hall–Kier alpha value is -2.78. The van der Waals surface area contributed by atoms with Crippen LogP contribution in [0.15, 0.2) is 0 Å². The Bertz CT molecular complexity index is 572. The maximum absolute atomic E-state index is 5.54. The van der Waals surface area contributed by atoms with E-state index in [4.69, 9.17) is 22.9 Å². The lowest BCUT2D eigenvalue weighted by Gasteiger charge is -2.10. The summed E-state index contributed by atoms with van der Waals surface area (Å²) in [6.45, 7) is 1.95. The molecule has 0 saturated heterocycles. The van der Waals surface area contributed by atoms with Crippen molar-refractivity contribution in [2.75, 3.05) is 22.9 Å². The van der Waals surface area contributed by atoms with Crippen molar-refractivity contribution in [3.05, 3.63) is 11.6 Å². The average Bonchev–Trinajstić information content (AvgIpc) is 2.33. The van der Waals surface area contributed by atoms with Gasteiger partial charge < -0.3 is 22.9 Å². The molecule has 0 saturated carbocycles. The molecule has 8 N–H and O–H groups in total. The molecule has 0 aromatic carbocycles. The number of rotatable bonds is 4. The predicted octanol–water partition coefficient (Wildman–Crippen LogP) is -0.878. The molecule has 2 aromatic rings. The van der Waals surface area contributed by atoms with Crippen molar-refractivity contribution in [3.8, 4) is 0 Å². The third-order valence-corrected chi connectivity index (χ3v) is 2.65. The van der Waals surface area contributed by atoms with Crippen LogP contribution in [0.4, 0.5) is 23.8 Å². The Morgan fingerprint density at radius 3 is 1.70 bits per heavy atom. The van der Waals surface area contributed by atoms with E-state index in [9.17, 15) is 0 Å². The molecule has 10 heteroatoms. The average molecular weight is 276 g/mol. The normalized spacial score (nSPS) is 12.2. The second-order valence-corrected chi connectivity index (χ2v) is 4.32. The lowest BCUT2D eigenvalue weighted by atomic mass is 10.0. The summed E-state index contributed by atoms with van der Waals surface area (Å²) in [4.78, 5) is 23.6. The highest BCUT2D eigenvalue weighted by molar-refractivity contribution is 5.27. The van der Waals surface area contributed by atoms with Gasteiger partial charge in [-0.2, -0.15) is 29.9 Å². The number of aromatic nitrogens is 6. The molecule has 0 aliphatic carbocycles. The van der Waals surface area contributed by atoms with Crippen LogP contribution in [-0.2, 0) is 6.42 Å². The fourth-order valence-electron chi connectivity index (χ4n) is 1.69. The summed E-state index contributed by atoms with van der Waals surface area (Å²) in [6.07, 6.45) is 1.25. The van der Waals surface area contributed by atoms with Crippen LogP contribution in [0.5, 0.6) is 0 Å². The molecule has 2 aromatic heterocycles. The summed E-state index contributed by atoms with van der Waals surface area (Å²) in [5.41, 5.74) is 22.1. The summed E-state index contributed by atoms with van der Waals surface area (Å²) in [5.74, 6) is 1.49. The van der Waals surface area contributed by atoms with Crippen LogP contribution in [0.2, 0.25) is 0 Å². The van der Waals surface area contributed by atoms with Crippen molar-refractivity contribution in [2.24, 2.45) is 0 Å². The van der Waals surface area contributed by atoms with Gasteiger partial charge in [-0.15, -0.1) is 0 Å². The largest absolute Gasteiger partial charge is 0.368 e. The molecule has 1 atom stereocenters. The van der Waals surface area contributed by atoms with Crippen LogP contribution in [-0.4, -0.2) is 29.9 Å². The molecule has 2 heterocycles. The van der Waals surface area contributed by atoms with E-state index in [0.717, 1.165) is 0 Å². The van der Waals surface area contributed by atoms with Gasteiger partial charge in [0.1, 0.15) is 11.6 Å². The van der Waals surface area contributed by atoms with E-state index in [1.807, 2.05) is 6.92 Å². The molecule has 106 valence electrons. The van der Waals surface area contributed by atoms with Crippen molar-refractivity contribution in [1.29, 1.82) is 0 Å². The zero-order valence-electron chi connectivity index (χ0n) is 11.0. The van der Waals surface area contributed by atoms with Gasteiger partial charge in [0.05, 0.1) is 0 Å². The quantitative estimate of drug-likeness (QED) is 0.547. The van der Waals surface area contributed by atoms with E-state index in [1.165, 1.54) is 0 Å². The number of hydrogen-bond acceptors (Lipinski definition) is 10. The van der Waals surface area contributed by atoms with Crippen molar-refractivity contribution in [3.63, 3.8) is 0 Å². The smallest absolute Gasteiger partial charge is 0.225 e. The monoisotopic (exact) mass is 276 g/mol. The molecular weight excluding hydrogens is 260 g/mol. The Balaban J connectivity index is 2.06. The van der Waals surface area contributed by atoms with Gasteiger partial charge >= 0.3 is 0 Å². The van der Waals surface area contributed by atoms with E-state index in [-0.39, 0.29) is 29.7 Å². The third kappa shape index (κ3) is 3.37. The van der Waals surface area contributed by atoms with E-state index in [1.54, 1.807) is 0 Å². The molecule has 1 unspecified atom stereocenters. The van der Waals surface area contributed by atoms with Crippen molar-refractivity contribution < 1.29 is 0 Å². The second kappa shape index (κ2) is 5.47. The lowest BCUT2D eigenvalue weighted by molar-refractivity contribution is 0.622. The van der Waals surface area contributed by atoms with E-state index in [2.05, 4.69) is 29.9 Å². The fraction of sp³-hybridized carbons (Fsp3) is 0.400. The Morgan fingerprint density at radius 1 is 0.750 bits per heavy atom. The highest BCUT2D eigenvalue weighted by Crippen LogP contribution is 2.18. The number of anilines is 4. The lowest BCUT2D eigenvalue weighted by Crippen LogP contribution is -2.11. The summed E-state index contributed by atoms with van der Waals surface area (Å²) < 4.78 is 0. The number of nitrogens with two attached hydrogens (primary N) is 4. The van der Waals surface area contributed by atoms with Gasteiger partial charge in [-0.05, 0) is 6.42 Å². The van der Waals surface area contributed by atoms with Crippen LogP contribution in [0.1, 0.15) is 30.9 Å². The topological polar surface area (TPSA) is 181 Å². The van der Waals surface area contributed by atoms with E-state index in [0.29, 0.717) is 24.5 Å². The van der Waals surface area contributed by atoms with Gasteiger partial charge in [0.15, 0.2) is 0 Å². The molecule has 0 amide bonds. The third-order valence-electron chi connectivity index (χ3n) is 2.65. The van der Waals surface area contributed by atoms with E-state index < -0.39 is 0 Å². The zero-order chi connectivity index (χ0) is 14.7. The van der Waals surface area contributed by atoms with Gasteiger partial charge in [0.2, 0.25) is 23.8 Å². The van der Waals surface area contributed by atoms with E-state index >= 15 is 0 Å². The predicted molar refractivity (Wildman–Crippen MR) is 74.0 cm³/mol. The maximum Gasteiger partial charge on any atom is 0.225 e. The first-order chi connectivity index (χ1) is 9.44. The van der Waals surface area contributed by atoms with Gasteiger partial charge in [0, 0.05) is 12.3 Å². The number of aryl methyl sites for hydroxylation is 1. The van der Waals surface area contributed by atoms with Crippen molar-refractivity contribution in [1.82, 2.24) is 29.9 Å². The van der Waals surface area contributed by atoms with Crippen LogP contribution in [0.25, 0.3) is 0 Å². The summed E-state index contributed by atoms with van der Waals surface area (Å²) in [7, 11) is 0. The highest BCUT2D eigenvalue weighted by Gasteiger charge is 2.13. The molecule has 0 fully saturated rings. The molecule has 0 aliphatic heterocycles. The summed E-state index contributed by atoms with van der Waals surface area (Å²) >= 11 is 0. The van der Waals surface area contributed by atoms with Crippen LogP contribution >= 0.6 is 0 Å². The molecule has 20 heavy (non-hydrogen) atoms. The van der Waals surface area contributed by atoms with Gasteiger partial charge in [-0.1, -0.05) is 6.92 Å². The standard InChI is InChI=1S/C10H16N10/c1-4(6-17-9(13)20-10(14)18-6)2-3-5-15-7(11)19-8(12)16-5/h4H,2-3H2,1H3,(H4,11,12,15,16,19)(H4,13,14,17,18,20). The second-order valence-electron chi connectivity index (χ2n) is 4.32. The van der Waals surface area contributed by atoms with Gasteiger partial charge in [-0.25, -0.2) is 0 Å². The highest BCUT2D eigenvalue weighted by atomic mass is 15.1. The minimum absolute atomic E-state index is 0.0156. The Labute approximate surface area is 115 Å². The first kappa shape index (κ1) is 13.6. The van der Waals surface area contributed by atoms with Crippen LogP contribution < -0.4 is 22.9 Å². The number of hydrogen-bond donors (Lipinski definition) is 4. The first-order valence-electron chi connectivity index (χ1n) is 5.97. The molecular formula is C10H16N10. The van der Waals surface area contributed by atoms with Crippen molar-refractivity contribution in [2.45, 2.75) is 25.7 Å². The summed E-state index contributed by atoms with van der Waals surface area (Å²) in [6, 6.07) is 0. The SMILES string of the molecule is CC(CCc1nc(N)nc(N)n1)c1nc(N)nc(N)n1. The number of nitrogens with zero attached hydrogens (tertiary/aromatic N) is 6. The fourth-order valence-corrected chi connectivity index (χ4v) is 1.69. The molecule has 2 rings (SSSR count). The Morgan fingerprint density at radius 2 is 1.20 bits per heavy atom. The molecule has 0 aliphatic rings.